The Morgan fingerprint density at radius 3 is 2.63 bits per heavy atom. The van der Waals surface area contributed by atoms with Gasteiger partial charge in [-0.3, -0.25) is 16.0 Å². The lowest BCUT2D eigenvalue weighted by atomic mass is 10.0. The topological polar surface area (TPSA) is 55.9 Å². The van der Waals surface area contributed by atoms with E-state index in [0.29, 0.717) is 0 Å². The third-order valence-corrected chi connectivity index (χ3v) is 3.30. The molecule has 0 saturated carbocycles. The van der Waals surface area contributed by atoms with E-state index in [0.717, 1.165) is 25.1 Å². The zero-order valence-corrected chi connectivity index (χ0v) is 11.6. The Labute approximate surface area is 114 Å². The van der Waals surface area contributed by atoms with Crippen molar-refractivity contribution in [3.8, 4) is 0 Å². The molecule has 0 fully saturated rings. The van der Waals surface area contributed by atoms with E-state index in [9.17, 15) is 0 Å². The summed E-state index contributed by atoms with van der Waals surface area (Å²) in [5.41, 5.74) is 6.60. The molecule has 0 aliphatic heterocycles. The van der Waals surface area contributed by atoms with Gasteiger partial charge in [0.05, 0.1) is 11.7 Å². The molecule has 0 spiro atoms. The number of benzene rings is 1. The first kappa shape index (κ1) is 13.8. The summed E-state index contributed by atoms with van der Waals surface area (Å²) in [5.74, 6) is 5.72. The second-order valence-corrected chi connectivity index (χ2v) is 4.89. The molecule has 1 aromatic carbocycles. The number of hydrogen-bond donors (Lipinski definition) is 2. The van der Waals surface area contributed by atoms with Crippen molar-refractivity contribution in [2.45, 2.75) is 39.3 Å². The van der Waals surface area contributed by atoms with Crippen LogP contribution >= 0.6 is 0 Å². The fourth-order valence-corrected chi connectivity index (χ4v) is 2.25. The number of hydrogen-bond acceptors (Lipinski definition) is 3. The van der Waals surface area contributed by atoms with Gasteiger partial charge < -0.3 is 0 Å². The molecule has 0 bridgehead atoms. The molecule has 1 heterocycles. The molecule has 0 amide bonds. The molecule has 0 saturated heterocycles. The lowest BCUT2D eigenvalue weighted by Crippen LogP contribution is -2.31. The summed E-state index contributed by atoms with van der Waals surface area (Å²) in [6, 6.07) is 10.7. The van der Waals surface area contributed by atoms with Gasteiger partial charge in [0, 0.05) is 12.7 Å². The van der Waals surface area contributed by atoms with Gasteiger partial charge >= 0.3 is 0 Å². The first-order valence-corrected chi connectivity index (χ1v) is 6.78. The van der Waals surface area contributed by atoms with Gasteiger partial charge in [-0.05, 0) is 31.4 Å². The Hall–Kier alpha value is -1.65. The highest BCUT2D eigenvalue weighted by atomic mass is 15.3. The van der Waals surface area contributed by atoms with Crippen LogP contribution in [0.2, 0.25) is 0 Å². The molecule has 1 unspecified atom stereocenters. The van der Waals surface area contributed by atoms with Gasteiger partial charge in [-0.2, -0.15) is 5.10 Å². The van der Waals surface area contributed by atoms with E-state index >= 15 is 0 Å². The molecule has 2 aromatic rings. The number of rotatable bonds is 6. The van der Waals surface area contributed by atoms with Gasteiger partial charge in [-0.15, -0.1) is 0 Å². The number of nitrogens with zero attached hydrogens (tertiary/aromatic N) is 2. The van der Waals surface area contributed by atoms with Crippen LogP contribution in [0.5, 0.6) is 0 Å². The van der Waals surface area contributed by atoms with Gasteiger partial charge in [0.1, 0.15) is 0 Å². The van der Waals surface area contributed by atoms with Crippen LogP contribution in [0.1, 0.15) is 36.2 Å². The van der Waals surface area contributed by atoms with Gasteiger partial charge in [-0.25, -0.2) is 0 Å². The van der Waals surface area contributed by atoms with Gasteiger partial charge in [0.25, 0.3) is 0 Å². The van der Waals surface area contributed by atoms with E-state index in [4.69, 9.17) is 5.84 Å². The zero-order valence-electron chi connectivity index (χ0n) is 11.6. The van der Waals surface area contributed by atoms with Crippen LogP contribution < -0.4 is 11.3 Å². The minimum atomic E-state index is 0.0942. The van der Waals surface area contributed by atoms with Crippen molar-refractivity contribution >= 4 is 0 Å². The molecule has 4 nitrogen and oxygen atoms in total. The van der Waals surface area contributed by atoms with Crippen LogP contribution in [0.3, 0.4) is 0 Å². The number of aryl methyl sites for hydroxylation is 2. The smallest absolute Gasteiger partial charge is 0.0669 e. The minimum absolute atomic E-state index is 0.0942. The van der Waals surface area contributed by atoms with E-state index in [2.05, 4.69) is 48.6 Å². The van der Waals surface area contributed by atoms with Crippen LogP contribution in [-0.2, 0) is 13.0 Å². The largest absolute Gasteiger partial charge is 0.271 e. The highest BCUT2D eigenvalue weighted by molar-refractivity contribution is 5.23. The summed E-state index contributed by atoms with van der Waals surface area (Å²) >= 11 is 0. The Balaban J connectivity index is 2.15. The van der Waals surface area contributed by atoms with E-state index in [1.165, 1.54) is 11.1 Å². The lowest BCUT2D eigenvalue weighted by molar-refractivity contribution is 0.478. The van der Waals surface area contributed by atoms with E-state index in [1.54, 1.807) is 0 Å². The molecule has 0 aliphatic rings. The van der Waals surface area contributed by atoms with Gasteiger partial charge in [0.2, 0.25) is 0 Å². The second-order valence-electron chi connectivity index (χ2n) is 4.89. The Morgan fingerprint density at radius 1 is 1.26 bits per heavy atom. The van der Waals surface area contributed by atoms with E-state index in [1.807, 2.05) is 16.9 Å². The van der Waals surface area contributed by atoms with E-state index < -0.39 is 0 Å². The molecule has 19 heavy (non-hydrogen) atoms. The predicted octanol–water partition coefficient (Wildman–Crippen LogP) is 2.35. The molecular formula is C15H22N4. The number of hydrazine groups is 1. The lowest BCUT2D eigenvalue weighted by Gasteiger charge is -2.17. The summed E-state index contributed by atoms with van der Waals surface area (Å²) in [6.07, 6.45) is 3.77. The SMILES string of the molecule is CCCn1nccc1C(Cc1ccc(C)cc1)NN. The van der Waals surface area contributed by atoms with Crippen LogP contribution in [-0.4, -0.2) is 9.78 Å². The van der Waals surface area contributed by atoms with E-state index in [-0.39, 0.29) is 6.04 Å². The summed E-state index contributed by atoms with van der Waals surface area (Å²) in [7, 11) is 0. The van der Waals surface area contributed by atoms with Crippen LogP contribution in [0.15, 0.2) is 36.5 Å². The molecule has 0 aliphatic carbocycles. The molecule has 102 valence electrons. The van der Waals surface area contributed by atoms with Crippen molar-refractivity contribution in [3.05, 3.63) is 53.3 Å². The van der Waals surface area contributed by atoms with Crippen molar-refractivity contribution in [1.29, 1.82) is 0 Å². The third-order valence-electron chi connectivity index (χ3n) is 3.30. The molecular weight excluding hydrogens is 236 g/mol. The Bertz CT molecular complexity index is 501. The maximum Gasteiger partial charge on any atom is 0.0669 e. The van der Waals surface area contributed by atoms with Crippen molar-refractivity contribution in [1.82, 2.24) is 15.2 Å². The Morgan fingerprint density at radius 2 is 2.00 bits per heavy atom. The molecule has 3 N–H and O–H groups in total. The summed E-state index contributed by atoms with van der Waals surface area (Å²) in [6.45, 7) is 5.17. The summed E-state index contributed by atoms with van der Waals surface area (Å²) < 4.78 is 2.03. The fraction of sp³-hybridized carbons (Fsp3) is 0.400. The maximum atomic E-state index is 5.72. The third kappa shape index (κ3) is 3.43. The number of aromatic nitrogens is 2. The van der Waals surface area contributed by atoms with Gasteiger partial charge in [-0.1, -0.05) is 36.8 Å². The van der Waals surface area contributed by atoms with Gasteiger partial charge in [0.15, 0.2) is 0 Å². The molecule has 0 radical (unpaired) electrons. The molecule has 1 atom stereocenters. The average Bonchev–Trinajstić information content (AvgIpc) is 2.87. The number of nitrogens with one attached hydrogen (secondary N) is 1. The van der Waals surface area contributed by atoms with Crippen LogP contribution in [0.25, 0.3) is 0 Å². The van der Waals surface area contributed by atoms with Crippen molar-refractivity contribution in [2.24, 2.45) is 5.84 Å². The quantitative estimate of drug-likeness (QED) is 0.617. The summed E-state index contributed by atoms with van der Waals surface area (Å²) in [5, 5.41) is 4.35. The first-order chi connectivity index (χ1) is 9.24. The fourth-order valence-electron chi connectivity index (χ4n) is 2.25. The van der Waals surface area contributed by atoms with Crippen molar-refractivity contribution in [2.75, 3.05) is 0 Å². The highest BCUT2D eigenvalue weighted by Gasteiger charge is 2.15. The minimum Gasteiger partial charge on any atom is -0.271 e. The predicted molar refractivity (Wildman–Crippen MR) is 77.5 cm³/mol. The van der Waals surface area contributed by atoms with Crippen LogP contribution in [0, 0.1) is 6.92 Å². The second kappa shape index (κ2) is 6.50. The maximum absolute atomic E-state index is 5.72. The summed E-state index contributed by atoms with van der Waals surface area (Å²) in [4.78, 5) is 0. The highest BCUT2D eigenvalue weighted by Crippen LogP contribution is 2.18. The molecule has 4 heteroatoms. The normalized spacial score (nSPS) is 12.6. The molecule has 1 aromatic heterocycles. The van der Waals surface area contributed by atoms with Crippen LogP contribution in [0.4, 0.5) is 0 Å². The number of nitrogens with two attached hydrogens (primary N) is 1. The standard InChI is InChI=1S/C15H22N4/c1-3-10-19-15(8-9-17-19)14(18-16)11-13-6-4-12(2)5-7-13/h4-9,14,18H,3,10-11,16H2,1-2H3. The first-order valence-electron chi connectivity index (χ1n) is 6.78. The molecule has 2 rings (SSSR count). The average molecular weight is 258 g/mol. The van der Waals surface area contributed by atoms with Crippen molar-refractivity contribution in [3.63, 3.8) is 0 Å². The van der Waals surface area contributed by atoms with Crippen molar-refractivity contribution < 1.29 is 0 Å². The Kier molecular flexibility index (Phi) is 4.71. The zero-order chi connectivity index (χ0) is 13.7. The monoisotopic (exact) mass is 258 g/mol.